The number of halogens is 1. The fraction of sp³-hybridized carbons (Fsp3) is 0.278. The maximum Gasteiger partial charge on any atom is 0.553 e. The number of nitrogens with one attached hydrogen (secondary N) is 1. The molecule has 9 nitrogen and oxygen atoms in total. The normalized spacial score (nSPS) is 20.9. The topological polar surface area (TPSA) is 135 Å². The van der Waals surface area contributed by atoms with Gasteiger partial charge < -0.3 is 25.5 Å². The molecule has 0 saturated carbocycles. The fourth-order valence-electron chi connectivity index (χ4n) is 3.38. The second-order valence-corrected chi connectivity index (χ2v) is 7.17. The van der Waals surface area contributed by atoms with Crippen LogP contribution < -0.4 is 15.7 Å². The molecule has 4 rings (SSSR count). The van der Waals surface area contributed by atoms with Crippen molar-refractivity contribution in [3.63, 3.8) is 0 Å². The van der Waals surface area contributed by atoms with Gasteiger partial charge in [0.2, 0.25) is 0 Å². The number of nitriles is 1. The number of amides is 1. The molecule has 2 aliphatic rings. The summed E-state index contributed by atoms with van der Waals surface area (Å²) in [5.74, 6) is 1.16. The predicted octanol–water partition coefficient (Wildman–Crippen LogP) is 1.82. The number of hydrogen-bond donors (Lipinski definition) is 3. The summed E-state index contributed by atoms with van der Waals surface area (Å²) in [6.45, 7) is 0.848. The molecule has 3 heterocycles. The molecule has 1 aromatic carbocycles. The Morgan fingerprint density at radius 1 is 1.52 bits per heavy atom. The molecule has 0 aliphatic carbocycles. The summed E-state index contributed by atoms with van der Waals surface area (Å²) in [5.41, 5.74) is 6.90. The standard InChI is InChI=1S/C18H17BClN5O4/c20-14-6-19(27)29-16-2-1-11(5-12(14)16)23-18-13(17(22)26)8-25(24-18)15-9-28-4-3-10(15)7-21/h1-2,5-6,8,10,15,27H,3-4,9H2,(H2,22,26)(H,23,24)/t10-,15+/m0/s1. The first-order valence-electron chi connectivity index (χ1n) is 8.96. The first-order chi connectivity index (χ1) is 14.0. The monoisotopic (exact) mass is 413 g/mol. The van der Waals surface area contributed by atoms with Gasteiger partial charge in [0.1, 0.15) is 11.3 Å². The van der Waals surface area contributed by atoms with Gasteiger partial charge in [0.25, 0.3) is 5.91 Å². The van der Waals surface area contributed by atoms with Gasteiger partial charge in [-0.2, -0.15) is 10.4 Å². The van der Waals surface area contributed by atoms with Crippen LogP contribution in [0.3, 0.4) is 0 Å². The minimum atomic E-state index is -1.10. The predicted molar refractivity (Wildman–Crippen MR) is 106 cm³/mol. The lowest BCUT2D eigenvalue weighted by atomic mass is 9.86. The minimum absolute atomic E-state index is 0.193. The maximum atomic E-state index is 11.9. The van der Waals surface area contributed by atoms with Crippen molar-refractivity contribution in [1.29, 1.82) is 5.26 Å². The summed E-state index contributed by atoms with van der Waals surface area (Å²) in [5, 5.41) is 26.9. The van der Waals surface area contributed by atoms with Crippen molar-refractivity contribution in [3.05, 3.63) is 41.5 Å². The SMILES string of the molecule is N#C[C@@H]1CCOC[C@H]1n1cc(C(N)=O)c(Nc2ccc3c(c2)C(Cl)=CB(O)O3)n1. The molecule has 11 heteroatoms. The highest BCUT2D eigenvalue weighted by Gasteiger charge is 2.30. The van der Waals surface area contributed by atoms with Gasteiger partial charge in [0.15, 0.2) is 5.82 Å². The van der Waals surface area contributed by atoms with Crippen LogP contribution in [0.25, 0.3) is 5.03 Å². The number of aromatic nitrogens is 2. The van der Waals surface area contributed by atoms with Crippen molar-refractivity contribution in [2.45, 2.75) is 12.5 Å². The number of ether oxygens (including phenoxy) is 1. The van der Waals surface area contributed by atoms with Gasteiger partial charge in [-0.3, -0.25) is 9.48 Å². The molecular weight excluding hydrogens is 396 g/mol. The van der Waals surface area contributed by atoms with Crippen molar-refractivity contribution in [1.82, 2.24) is 9.78 Å². The van der Waals surface area contributed by atoms with Gasteiger partial charge in [0, 0.05) is 29.1 Å². The highest BCUT2D eigenvalue weighted by molar-refractivity contribution is 6.61. The summed E-state index contributed by atoms with van der Waals surface area (Å²) in [4.78, 5) is 11.9. The number of anilines is 2. The molecule has 0 bridgehead atoms. The van der Waals surface area contributed by atoms with E-state index in [4.69, 9.17) is 26.7 Å². The van der Waals surface area contributed by atoms with Gasteiger partial charge in [-0.1, -0.05) is 11.6 Å². The van der Waals surface area contributed by atoms with E-state index in [1.54, 1.807) is 22.9 Å². The Morgan fingerprint density at radius 2 is 2.34 bits per heavy atom. The number of nitrogens with two attached hydrogens (primary N) is 1. The summed E-state index contributed by atoms with van der Waals surface area (Å²) in [7, 11) is -1.10. The first kappa shape index (κ1) is 19.3. The Labute approximate surface area is 171 Å². The van der Waals surface area contributed by atoms with Crippen LogP contribution in [0.4, 0.5) is 11.5 Å². The Hall–Kier alpha value is -3.00. The first-order valence-corrected chi connectivity index (χ1v) is 9.34. The molecule has 4 N–H and O–H groups in total. The Bertz CT molecular complexity index is 1030. The fourth-order valence-corrected chi connectivity index (χ4v) is 3.64. The van der Waals surface area contributed by atoms with E-state index in [1.807, 2.05) is 0 Å². The highest BCUT2D eigenvalue weighted by atomic mass is 35.5. The molecule has 148 valence electrons. The number of nitrogens with zero attached hydrogens (tertiary/aromatic N) is 3. The molecule has 0 radical (unpaired) electrons. The quantitative estimate of drug-likeness (QED) is 0.650. The molecule has 2 aliphatic heterocycles. The van der Waals surface area contributed by atoms with Gasteiger partial charge in [-0.25, -0.2) is 0 Å². The number of carbonyl (C=O) groups excluding carboxylic acids is 1. The summed E-state index contributed by atoms with van der Waals surface area (Å²) in [6, 6.07) is 7.03. The van der Waals surface area contributed by atoms with Crippen LogP contribution in [0.15, 0.2) is 30.4 Å². The van der Waals surface area contributed by atoms with E-state index in [-0.39, 0.29) is 23.3 Å². The lowest BCUT2D eigenvalue weighted by Gasteiger charge is -2.26. The van der Waals surface area contributed by atoms with Crippen molar-refractivity contribution >= 4 is 41.2 Å². The van der Waals surface area contributed by atoms with Crippen molar-refractivity contribution in [2.75, 3.05) is 18.5 Å². The second kappa shape index (κ2) is 7.79. The van der Waals surface area contributed by atoms with Crippen LogP contribution in [0.2, 0.25) is 0 Å². The number of primary amides is 1. The zero-order valence-electron chi connectivity index (χ0n) is 15.2. The summed E-state index contributed by atoms with van der Waals surface area (Å²) in [6.07, 6.45) is 2.12. The van der Waals surface area contributed by atoms with Crippen LogP contribution in [-0.2, 0) is 4.74 Å². The van der Waals surface area contributed by atoms with E-state index >= 15 is 0 Å². The van der Waals surface area contributed by atoms with E-state index in [9.17, 15) is 15.1 Å². The molecule has 1 aromatic heterocycles. The molecular formula is C18H17BClN5O4. The van der Waals surface area contributed by atoms with Crippen molar-refractivity contribution < 1.29 is 19.2 Å². The van der Waals surface area contributed by atoms with Crippen LogP contribution in [0.5, 0.6) is 5.75 Å². The third-order valence-corrected chi connectivity index (χ3v) is 5.20. The molecule has 0 spiro atoms. The van der Waals surface area contributed by atoms with Crippen molar-refractivity contribution in [2.24, 2.45) is 11.7 Å². The molecule has 1 saturated heterocycles. The largest absolute Gasteiger partial charge is 0.553 e. The highest BCUT2D eigenvalue weighted by Crippen LogP contribution is 2.36. The number of benzene rings is 1. The van der Waals surface area contributed by atoms with E-state index in [1.165, 1.54) is 12.2 Å². The summed E-state index contributed by atoms with van der Waals surface area (Å²) >= 11 is 6.19. The van der Waals surface area contributed by atoms with E-state index < -0.39 is 13.0 Å². The van der Waals surface area contributed by atoms with Crippen molar-refractivity contribution in [3.8, 4) is 11.8 Å². The lowest BCUT2D eigenvalue weighted by molar-refractivity contribution is 0.0342. The Balaban J connectivity index is 1.65. The number of fused-ring (bicyclic) bond motifs is 1. The third-order valence-electron chi connectivity index (χ3n) is 4.87. The Morgan fingerprint density at radius 3 is 3.10 bits per heavy atom. The smallest absolute Gasteiger partial charge is 0.532 e. The number of carbonyl (C=O) groups is 1. The maximum absolute atomic E-state index is 11.9. The van der Waals surface area contributed by atoms with E-state index in [0.29, 0.717) is 41.7 Å². The molecule has 0 unspecified atom stereocenters. The van der Waals surface area contributed by atoms with E-state index in [0.717, 1.165) is 0 Å². The molecule has 2 atom stereocenters. The lowest BCUT2D eigenvalue weighted by Crippen LogP contribution is -2.29. The molecule has 1 amide bonds. The van der Waals surface area contributed by atoms with Crippen LogP contribution in [0.1, 0.15) is 28.4 Å². The van der Waals surface area contributed by atoms with Crippen LogP contribution >= 0.6 is 11.6 Å². The average Bonchev–Trinajstić information content (AvgIpc) is 3.12. The molecule has 1 fully saturated rings. The van der Waals surface area contributed by atoms with Crippen LogP contribution in [-0.4, -0.2) is 41.0 Å². The zero-order chi connectivity index (χ0) is 20.5. The van der Waals surface area contributed by atoms with Gasteiger partial charge in [0.05, 0.1) is 24.6 Å². The van der Waals surface area contributed by atoms with Gasteiger partial charge in [-0.05, 0) is 30.6 Å². The second-order valence-electron chi connectivity index (χ2n) is 6.76. The van der Waals surface area contributed by atoms with Gasteiger partial charge in [-0.15, -0.1) is 0 Å². The minimum Gasteiger partial charge on any atom is -0.532 e. The number of rotatable bonds is 4. The third kappa shape index (κ3) is 3.80. The number of hydrogen-bond acceptors (Lipinski definition) is 7. The zero-order valence-corrected chi connectivity index (χ0v) is 16.0. The molecule has 29 heavy (non-hydrogen) atoms. The average molecular weight is 414 g/mol. The molecule has 2 aromatic rings. The van der Waals surface area contributed by atoms with Crippen LogP contribution in [0, 0.1) is 17.2 Å². The van der Waals surface area contributed by atoms with E-state index in [2.05, 4.69) is 16.5 Å². The Kier molecular flexibility index (Phi) is 5.19. The van der Waals surface area contributed by atoms with Gasteiger partial charge >= 0.3 is 7.12 Å². The summed E-state index contributed by atoms with van der Waals surface area (Å²) < 4.78 is 12.3.